The van der Waals surface area contributed by atoms with Gasteiger partial charge in [0.05, 0.1) is 22.7 Å². The van der Waals surface area contributed by atoms with Crippen molar-refractivity contribution in [1.29, 1.82) is 0 Å². The number of nitrogens with zero attached hydrogens (tertiary/aromatic N) is 2. The Labute approximate surface area is 277 Å². The number of carbonyl (C=O) groups excluding carboxylic acids is 2. The molecule has 0 aliphatic heterocycles. The van der Waals surface area contributed by atoms with Gasteiger partial charge in [0, 0.05) is 19.5 Å². The predicted octanol–water partition coefficient (Wildman–Crippen LogP) is 6.33. The van der Waals surface area contributed by atoms with Gasteiger partial charge in [-0.2, -0.15) is 0 Å². The van der Waals surface area contributed by atoms with Crippen LogP contribution in [-0.2, 0) is 32.6 Å². The maximum atomic E-state index is 14.6. The van der Waals surface area contributed by atoms with E-state index in [1.807, 2.05) is 75.4 Å². The first kappa shape index (κ1) is 34.5. The van der Waals surface area contributed by atoms with E-state index in [1.54, 1.807) is 24.3 Å². The summed E-state index contributed by atoms with van der Waals surface area (Å²) >= 11 is 6.45. The molecule has 0 aliphatic carbocycles. The lowest BCUT2D eigenvalue weighted by atomic mass is 10.0. The summed E-state index contributed by atoms with van der Waals surface area (Å²) in [5.41, 5.74) is 3.73. The number of carbonyl (C=O) groups is 2. The highest BCUT2D eigenvalue weighted by Crippen LogP contribution is 2.32. The van der Waals surface area contributed by atoms with Crippen molar-refractivity contribution >= 4 is 39.1 Å². The minimum Gasteiger partial charge on any atom is -0.495 e. The highest BCUT2D eigenvalue weighted by molar-refractivity contribution is 7.92. The lowest BCUT2D eigenvalue weighted by Gasteiger charge is -2.34. The van der Waals surface area contributed by atoms with Crippen LogP contribution >= 0.6 is 11.6 Å². The molecule has 0 heterocycles. The third-order valence-electron chi connectivity index (χ3n) is 7.73. The van der Waals surface area contributed by atoms with E-state index in [1.165, 1.54) is 30.2 Å². The zero-order valence-corrected chi connectivity index (χ0v) is 28.1. The molecular formula is C36H40ClN3O5S. The van der Waals surface area contributed by atoms with E-state index in [4.69, 9.17) is 16.3 Å². The number of ether oxygens (including phenoxy) is 1. The van der Waals surface area contributed by atoms with E-state index in [2.05, 4.69) is 5.32 Å². The van der Waals surface area contributed by atoms with Crippen LogP contribution in [0.3, 0.4) is 0 Å². The second-order valence-electron chi connectivity index (χ2n) is 11.1. The van der Waals surface area contributed by atoms with E-state index in [-0.39, 0.29) is 34.5 Å². The molecule has 46 heavy (non-hydrogen) atoms. The van der Waals surface area contributed by atoms with Crippen LogP contribution in [0.2, 0.25) is 5.02 Å². The predicted molar refractivity (Wildman–Crippen MR) is 183 cm³/mol. The number of anilines is 1. The molecule has 0 spiro atoms. The van der Waals surface area contributed by atoms with E-state index >= 15 is 0 Å². The first-order valence-corrected chi connectivity index (χ1v) is 17.0. The number of methoxy groups -OCH3 is 1. The van der Waals surface area contributed by atoms with Crippen LogP contribution in [0.5, 0.6) is 5.75 Å². The lowest BCUT2D eigenvalue weighted by Crippen LogP contribution is -2.53. The molecule has 4 aromatic rings. The number of benzene rings is 4. The number of rotatable bonds is 14. The van der Waals surface area contributed by atoms with Crippen LogP contribution < -0.4 is 14.4 Å². The number of hydrogen-bond acceptors (Lipinski definition) is 5. The molecule has 4 rings (SSSR count). The van der Waals surface area contributed by atoms with Gasteiger partial charge < -0.3 is 15.0 Å². The Morgan fingerprint density at radius 1 is 0.913 bits per heavy atom. The minimum absolute atomic E-state index is 0.0184. The Bertz CT molecular complexity index is 1750. The summed E-state index contributed by atoms with van der Waals surface area (Å²) in [5, 5.41) is 3.15. The van der Waals surface area contributed by atoms with Crippen LogP contribution in [0.15, 0.2) is 102 Å². The molecule has 10 heteroatoms. The van der Waals surface area contributed by atoms with Gasteiger partial charge in [0.1, 0.15) is 18.3 Å². The molecule has 1 atom stereocenters. The summed E-state index contributed by atoms with van der Waals surface area (Å²) in [6.07, 6.45) is 0.962. The first-order valence-electron chi connectivity index (χ1n) is 15.1. The minimum atomic E-state index is -4.25. The van der Waals surface area contributed by atoms with E-state index < -0.39 is 28.5 Å². The van der Waals surface area contributed by atoms with Gasteiger partial charge >= 0.3 is 0 Å². The average molecular weight is 662 g/mol. The molecule has 1 N–H and O–H groups in total. The van der Waals surface area contributed by atoms with Crippen molar-refractivity contribution in [3.63, 3.8) is 0 Å². The smallest absolute Gasteiger partial charge is 0.264 e. The van der Waals surface area contributed by atoms with Gasteiger partial charge in [0.25, 0.3) is 10.0 Å². The van der Waals surface area contributed by atoms with Crippen molar-refractivity contribution in [1.82, 2.24) is 10.2 Å². The maximum Gasteiger partial charge on any atom is 0.264 e. The quantitative estimate of drug-likeness (QED) is 0.171. The van der Waals surface area contributed by atoms with Crippen LogP contribution in [0.1, 0.15) is 35.6 Å². The standard InChI is InChI=1S/C36H40ClN3O5S/c1-5-21-38-36(42)33(22-28-12-7-6-8-13-28)39(24-29-14-10-9-11-27(29)3)35(41)25-40(30-17-20-34(45-4)32(37)23-30)46(43,44)31-18-15-26(2)16-19-31/h6-20,23,33H,5,21-22,24-25H2,1-4H3,(H,38,42)/t33-/m0/s1. The normalized spacial score (nSPS) is 11.8. The summed E-state index contributed by atoms with van der Waals surface area (Å²) < 4.78 is 34.8. The van der Waals surface area contributed by atoms with Crippen LogP contribution in [0.25, 0.3) is 0 Å². The molecule has 0 bridgehead atoms. The van der Waals surface area contributed by atoms with Gasteiger partial charge in [-0.25, -0.2) is 8.42 Å². The molecule has 2 amide bonds. The molecule has 242 valence electrons. The number of sulfonamides is 1. The average Bonchev–Trinajstić information content (AvgIpc) is 3.05. The monoisotopic (exact) mass is 661 g/mol. The Kier molecular flexibility index (Phi) is 11.8. The fourth-order valence-electron chi connectivity index (χ4n) is 5.07. The van der Waals surface area contributed by atoms with Crippen molar-refractivity contribution < 1.29 is 22.7 Å². The largest absolute Gasteiger partial charge is 0.495 e. The molecule has 0 saturated heterocycles. The van der Waals surface area contributed by atoms with Crippen molar-refractivity contribution in [2.75, 3.05) is 24.5 Å². The van der Waals surface area contributed by atoms with Gasteiger partial charge in [-0.1, -0.05) is 90.8 Å². The second-order valence-corrected chi connectivity index (χ2v) is 13.4. The number of nitrogens with one attached hydrogen (secondary N) is 1. The van der Waals surface area contributed by atoms with Crippen molar-refractivity contribution in [3.8, 4) is 5.75 Å². The Hall–Kier alpha value is -4.34. The maximum absolute atomic E-state index is 14.6. The molecule has 8 nitrogen and oxygen atoms in total. The topological polar surface area (TPSA) is 96.0 Å². The zero-order chi connectivity index (χ0) is 33.3. The van der Waals surface area contributed by atoms with Gasteiger partial charge in [0.2, 0.25) is 11.8 Å². The summed E-state index contributed by atoms with van der Waals surface area (Å²) in [7, 11) is -2.79. The van der Waals surface area contributed by atoms with Crippen LogP contribution in [-0.4, -0.2) is 51.4 Å². The third kappa shape index (κ3) is 8.47. The SMILES string of the molecule is CCCNC(=O)[C@H](Cc1ccccc1)N(Cc1ccccc1C)C(=O)CN(c1ccc(OC)c(Cl)c1)S(=O)(=O)c1ccc(C)cc1. The summed E-state index contributed by atoms with van der Waals surface area (Å²) in [4.78, 5) is 29.9. The van der Waals surface area contributed by atoms with Crippen molar-refractivity contribution in [3.05, 3.63) is 124 Å². The van der Waals surface area contributed by atoms with Gasteiger partial charge in [-0.15, -0.1) is 0 Å². The molecule has 0 fully saturated rings. The Morgan fingerprint density at radius 3 is 2.22 bits per heavy atom. The lowest BCUT2D eigenvalue weighted by molar-refractivity contribution is -0.140. The number of aryl methyl sites for hydroxylation is 2. The second kappa shape index (κ2) is 15.8. The highest BCUT2D eigenvalue weighted by atomic mass is 35.5. The van der Waals surface area contributed by atoms with E-state index in [0.29, 0.717) is 12.3 Å². The highest BCUT2D eigenvalue weighted by Gasteiger charge is 2.35. The van der Waals surface area contributed by atoms with Crippen molar-refractivity contribution in [2.45, 2.75) is 51.1 Å². The Morgan fingerprint density at radius 2 is 1.59 bits per heavy atom. The summed E-state index contributed by atoms with van der Waals surface area (Å²) in [6.45, 7) is 5.72. The van der Waals surface area contributed by atoms with E-state index in [0.717, 1.165) is 33.0 Å². The number of hydrogen-bond donors (Lipinski definition) is 1. The molecule has 0 aromatic heterocycles. The molecule has 0 aliphatic rings. The summed E-state index contributed by atoms with van der Waals surface area (Å²) in [5.74, 6) is -0.493. The van der Waals surface area contributed by atoms with Crippen LogP contribution in [0, 0.1) is 13.8 Å². The number of halogens is 1. The molecule has 0 unspecified atom stereocenters. The zero-order valence-electron chi connectivity index (χ0n) is 26.6. The summed E-state index contributed by atoms with van der Waals surface area (Å²) in [6, 6.07) is 27.2. The van der Waals surface area contributed by atoms with Crippen LogP contribution in [0.4, 0.5) is 5.69 Å². The molecular weight excluding hydrogens is 622 g/mol. The Balaban J connectivity index is 1.83. The van der Waals surface area contributed by atoms with E-state index in [9.17, 15) is 18.0 Å². The fraction of sp³-hybridized carbons (Fsp3) is 0.278. The molecule has 0 radical (unpaired) electrons. The molecule has 4 aromatic carbocycles. The van der Waals surface area contributed by atoms with Gasteiger partial charge in [-0.3, -0.25) is 13.9 Å². The third-order valence-corrected chi connectivity index (χ3v) is 9.82. The first-order chi connectivity index (χ1) is 22.0. The van der Waals surface area contributed by atoms with Crippen molar-refractivity contribution in [2.24, 2.45) is 0 Å². The fourth-order valence-corrected chi connectivity index (χ4v) is 6.73. The van der Waals surface area contributed by atoms with Gasteiger partial charge in [-0.05, 0) is 67.3 Å². The molecule has 0 saturated carbocycles. The number of amides is 2. The van der Waals surface area contributed by atoms with Gasteiger partial charge in [0.15, 0.2) is 0 Å².